The number of ether oxygens (including phenoxy) is 1. The molecule has 0 saturated heterocycles. The predicted molar refractivity (Wildman–Crippen MR) is 111 cm³/mol. The van der Waals surface area contributed by atoms with E-state index >= 15 is 0 Å². The van der Waals surface area contributed by atoms with Crippen LogP contribution in [0.25, 0.3) is 0 Å². The van der Waals surface area contributed by atoms with Gasteiger partial charge in [-0.15, -0.1) is 11.8 Å². The molecule has 150 valence electrons. The van der Waals surface area contributed by atoms with Gasteiger partial charge in [0.1, 0.15) is 0 Å². The number of esters is 1. The minimum Gasteiger partial charge on any atom is -0.449 e. The highest BCUT2D eigenvalue weighted by atomic mass is 32.2. The van der Waals surface area contributed by atoms with E-state index in [1.807, 2.05) is 18.2 Å². The second kappa shape index (κ2) is 8.29. The van der Waals surface area contributed by atoms with Crippen LogP contribution in [0.4, 0.5) is 5.69 Å². The van der Waals surface area contributed by atoms with E-state index in [0.29, 0.717) is 36.5 Å². The number of benzene rings is 2. The van der Waals surface area contributed by atoms with E-state index < -0.39 is 12.1 Å². The molecule has 2 aromatic rings. The molecule has 6 nitrogen and oxygen atoms in total. The summed E-state index contributed by atoms with van der Waals surface area (Å²) in [5.41, 5.74) is 3.31. The summed E-state index contributed by atoms with van der Waals surface area (Å²) < 4.78 is 5.44. The minimum atomic E-state index is -0.879. The molecule has 0 unspecified atom stereocenters. The summed E-state index contributed by atoms with van der Waals surface area (Å²) >= 11 is 1.57. The third kappa shape index (κ3) is 4.29. The molecule has 0 aliphatic carbocycles. The van der Waals surface area contributed by atoms with Crippen LogP contribution in [0.15, 0.2) is 47.4 Å². The maximum atomic E-state index is 12.8. The lowest BCUT2D eigenvalue weighted by molar-refractivity contribution is -0.140. The average molecular weight is 410 g/mol. The molecule has 29 heavy (non-hydrogen) atoms. The van der Waals surface area contributed by atoms with Gasteiger partial charge in [-0.25, -0.2) is 4.79 Å². The number of nitrogens with one attached hydrogen (secondary N) is 1. The Morgan fingerprint density at radius 1 is 1.14 bits per heavy atom. The number of carbonyl (C=O) groups excluding carboxylic acids is 3. The van der Waals surface area contributed by atoms with Crippen molar-refractivity contribution in [1.82, 2.24) is 4.90 Å². The van der Waals surface area contributed by atoms with Crippen molar-refractivity contribution in [3.63, 3.8) is 0 Å². The third-order valence-electron chi connectivity index (χ3n) is 5.15. The van der Waals surface area contributed by atoms with Crippen molar-refractivity contribution >= 4 is 35.2 Å². The predicted octanol–water partition coefficient (Wildman–Crippen LogP) is 3.25. The molecular formula is C22H22N2O4S. The summed E-state index contributed by atoms with van der Waals surface area (Å²) in [7, 11) is 0. The van der Waals surface area contributed by atoms with Gasteiger partial charge in [0.25, 0.3) is 5.91 Å². The highest BCUT2D eigenvalue weighted by Crippen LogP contribution is 2.31. The maximum Gasteiger partial charge on any atom is 0.338 e. The first-order valence-electron chi connectivity index (χ1n) is 9.64. The molecule has 2 aliphatic heterocycles. The molecule has 7 heteroatoms. The van der Waals surface area contributed by atoms with Crippen molar-refractivity contribution < 1.29 is 19.1 Å². The number of thioether (sulfide) groups is 1. The molecule has 0 fully saturated rings. The van der Waals surface area contributed by atoms with E-state index in [0.717, 1.165) is 16.9 Å². The summed E-state index contributed by atoms with van der Waals surface area (Å²) in [6, 6.07) is 13.1. The van der Waals surface area contributed by atoms with Crippen LogP contribution in [-0.4, -0.2) is 41.1 Å². The Morgan fingerprint density at radius 3 is 2.76 bits per heavy atom. The summed E-state index contributed by atoms with van der Waals surface area (Å²) in [5.74, 6) is -0.149. The van der Waals surface area contributed by atoms with Crippen LogP contribution in [0, 0.1) is 0 Å². The fourth-order valence-electron chi connectivity index (χ4n) is 3.57. The lowest BCUT2D eigenvalue weighted by atomic mass is 9.99. The van der Waals surface area contributed by atoms with E-state index in [-0.39, 0.29) is 11.8 Å². The normalized spacial score (nSPS) is 16.7. The van der Waals surface area contributed by atoms with Gasteiger partial charge in [0.15, 0.2) is 6.10 Å². The molecule has 0 bridgehead atoms. The van der Waals surface area contributed by atoms with Crippen LogP contribution < -0.4 is 5.32 Å². The van der Waals surface area contributed by atoms with Gasteiger partial charge in [-0.2, -0.15) is 0 Å². The molecule has 2 aromatic carbocycles. The fourth-order valence-corrected chi connectivity index (χ4v) is 4.50. The molecule has 0 radical (unpaired) electrons. The van der Waals surface area contributed by atoms with Crippen LogP contribution in [0.5, 0.6) is 0 Å². The SMILES string of the molecule is C[C@H](OC(=O)c1ccc2c(c1)NC(=O)CCS2)C(=O)N1CCc2ccccc2C1. The van der Waals surface area contributed by atoms with Crippen molar-refractivity contribution in [1.29, 1.82) is 0 Å². The zero-order valence-corrected chi connectivity index (χ0v) is 17.0. The zero-order chi connectivity index (χ0) is 20.4. The number of carbonyl (C=O) groups is 3. The van der Waals surface area contributed by atoms with Crippen molar-refractivity contribution in [2.45, 2.75) is 37.3 Å². The van der Waals surface area contributed by atoms with E-state index in [1.165, 1.54) is 5.56 Å². The number of amides is 2. The van der Waals surface area contributed by atoms with Crippen LogP contribution in [0.2, 0.25) is 0 Å². The van der Waals surface area contributed by atoms with Crippen LogP contribution in [0.3, 0.4) is 0 Å². The molecule has 0 saturated carbocycles. The first-order chi connectivity index (χ1) is 14.0. The van der Waals surface area contributed by atoms with Gasteiger partial charge in [0, 0.05) is 30.2 Å². The Bertz CT molecular complexity index is 975. The number of nitrogens with zero attached hydrogens (tertiary/aromatic N) is 1. The molecule has 2 amide bonds. The average Bonchev–Trinajstić information content (AvgIpc) is 2.92. The van der Waals surface area contributed by atoms with E-state index in [4.69, 9.17) is 4.74 Å². The fraction of sp³-hybridized carbons (Fsp3) is 0.318. The Kier molecular flexibility index (Phi) is 5.58. The van der Waals surface area contributed by atoms with E-state index in [9.17, 15) is 14.4 Å². The second-order valence-corrected chi connectivity index (χ2v) is 8.32. The maximum absolute atomic E-state index is 12.8. The van der Waals surface area contributed by atoms with Crippen molar-refractivity contribution in [2.24, 2.45) is 0 Å². The molecule has 0 spiro atoms. The van der Waals surface area contributed by atoms with E-state index in [1.54, 1.807) is 41.8 Å². The van der Waals surface area contributed by atoms with Gasteiger partial charge in [-0.05, 0) is 42.7 Å². The van der Waals surface area contributed by atoms with Gasteiger partial charge >= 0.3 is 5.97 Å². The Hall–Kier alpha value is -2.80. The first kappa shape index (κ1) is 19.5. The molecule has 2 heterocycles. The molecule has 1 N–H and O–H groups in total. The van der Waals surface area contributed by atoms with Crippen molar-refractivity contribution in [3.05, 3.63) is 59.2 Å². The standard InChI is InChI=1S/C22H22N2O4S/c1-14(21(26)24-10-8-15-4-2-3-5-17(15)13-24)28-22(27)16-6-7-19-18(12-16)23-20(25)9-11-29-19/h2-7,12,14H,8-11,13H2,1H3,(H,23,25)/t14-/m0/s1. The largest absolute Gasteiger partial charge is 0.449 e. The quantitative estimate of drug-likeness (QED) is 0.786. The number of fused-ring (bicyclic) bond motifs is 2. The molecule has 4 rings (SSSR count). The van der Waals surface area contributed by atoms with Crippen molar-refractivity contribution in [3.8, 4) is 0 Å². The van der Waals surface area contributed by atoms with Crippen LogP contribution in [-0.2, 0) is 27.3 Å². The van der Waals surface area contributed by atoms with Gasteiger partial charge in [-0.3, -0.25) is 9.59 Å². The van der Waals surface area contributed by atoms with Crippen LogP contribution >= 0.6 is 11.8 Å². The molecule has 0 aromatic heterocycles. The zero-order valence-electron chi connectivity index (χ0n) is 16.1. The molecule has 2 aliphatic rings. The Balaban J connectivity index is 1.42. The first-order valence-corrected chi connectivity index (χ1v) is 10.6. The highest BCUT2D eigenvalue weighted by Gasteiger charge is 2.27. The Labute approximate surface area is 173 Å². The molecule has 1 atom stereocenters. The number of hydrogen-bond donors (Lipinski definition) is 1. The monoisotopic (exact) mass is 410 g/mol. The van der Waals surface area contributed by atoms with Crippen molar-refractivity contribution in [2.75, 3.05) is 17.6 Å². The number of rotatable bonds is 3. The second-order valence-electron chi connectivity index (χ2n) is 7.18. The minimum absolute atomic E-state index is 0.0734. The lowest BCUT2D eigenvalue weighted by Crippen LogP contribution is -2.42. The van der Waals surface area contributed by atoms with E-state index in [2.05, 4.69) is 11.4 Å². The highest BCUT2D eigenvalue weighted by molar-refractivity contribution is 7.99. The summed E-state index contributed by atoms with van der Waals surface area (Å²) in [5, 5.41) is 2.81. The topological polar surface area (TPSA) is 75.7 Å². The summed E-state index contributed by atoms with van der Waals surface area (Å²) in [6.07, 6.45) is 0.351. The van der Waals surface area contributed by atoms with Gasteiger partial charge in [-0.1, -0.05) is 24.3 Å². The smallest absolute Gasteiger partial charge is 0.338 e. The number of hydrogen-bond acceptors (Lipinski definition) is 5. The summed E-state index contributed by atoms with van der Waals surface area (Å²) in [4.78, 5) is 39.8. The van der Waals surface area contributed by atoms with Gasteiger partial charge in [0.05, 0.1) is 11.3 Å². The Morgan fingerprint density at radius 2 is 1.93 bits per heavy atom. The lowest BCUT2D eigenvalue weighted by Gasteiger charge is -2.30. The van der Waals surface area contributed by atoms with Crippen LogP contribution in [0.1, 0.15) is 34.8 Å². The number of anilines is 1. The summed E-state index contributed by atoms with van der Waals surface area (Å²) in [6.45, 7) is 2.74. The van der Waals surface area contributed by atoms with Gasteiger partial charge < -0.3 is 15.0 Å². The third-order valence-corrected chi connectivity index (χ3v) is 6.23. The molecular weight excluding hydrogens is 388 g/mol. The van der Waals surface area contributed by atoms with Gasteiger partial charge in [0.2, 0.25) is 5.91 Å².